The summed E-state index contributed by atoms with van der Waals surface area (Å²) in [5.74, 6) is 0. The van der Waals surface area contributed by atoms with E-state index in [0.29, 0.717) is 6.04 Å². The molecule has 138 valence electrons. The molecule has 3 aromatic rings. The molecule has 27 heavy (non-hydrogen) atoms. The van der Waals surface area contributed by atoms with E-state index in [4.69, 9.17) is 9.97 Å². The summed E-state index contributed by atoms with van der Waals surface area (Å²) in [6.45, 7) is 6.23. The fourth-order valence-electron chi connectivity index (χ4n) is 3.19. The van der Waals surface area contributed by atoms with E-state index in [9.17, 15) is 0 Å². The minimum atomic E-state index is 0.317. The molecule has 0 aliphatic heterocycles. The van der Waals surface area contributed by atoms with Crippen molar-refractivity contribution in [3.63, 3.8) is 0 Å². The zero-order valence-electron chi connectivity index (χ0n) is 15.9. The quantitative estimate of drug-likeness (QED) is 0.674. The number of aryl methyl sites for hydroxylation is 2. The summed E-state index contributed by atoms with van der Waals surface area (Å²) < 4.78 is 0. The highest BCUT2D eigenvalue weighted by atomic mass is 32.1. The average Bonchev–Trinajstić information content (AvgIpc) is 3.08. The molecule has 0 fully saturated rings. The van der Waals surface area contributed by atoms with Crippen molar-refractivity contribution in [2.75, 3.05) is 0 Å². The van der Waals surface area contributed by atoms with Gasteiger partial charge in [-0.05, 0) is 63.8 Å². The number of hydrogen-bond acceptors (Lipinski definition) is 6. The predicted octanol–water partition coefficient (Wildman–Crippen LogP) is 4.61. The van der Waals surface area contributed by atoms with Gasteiger partial charge in [-0.2, -0.15) is 5.10 Å². The number of thiazole rings is 1. The van der Waals surface area contributed by atoms with Gasteiger partial charge in [0.15, 0.2) is 0 Å². The Morgan fingerprint density at radius 1 is 1.15 bits per heavy atom. The molecule has 1 N–H and O–H groups in total. The second-order valence-corrected chi connectivity index (χ2v) is 8.07. The Morgan fingerprint density at radius 2 is 2.04 bits per heavy atom. The fourth-order valence-corrected chi connectivity index (χ4v) is 4.22. The number of hydrazone groups is 1. The molecule has 1 aliphatic rings. The van der Waals surface area contributed by atoms with Crippen molar-refractivity contribution in [2.45, 2.75) is 46.1 Å². The van der Waals surface area contributed by atoms with Gasteiger partial charge in [0.2, 0.25) is 0 Å². The van der Waals surface area contributed by atoms with Gasteiger partial charge < -0.3 is 5.43 Å². The van der Waals surface area contributed by atoms with Crippen LogP contribution in [0, 0.1) is 6.92 Å². The van der Waals surface area contributed by atoms with Crippen LogP contribution in [0.4, 0.5) is 0 Å². The number of hydrogen-bond donors (Lipinski definition) is 1. The van der Waals surface area contributed by atoms with Crippen LogP contribution in [-0.2, 0) is 6.42 Å². The molecule has 6 heteroatoms. The van der Waals surface area contributed by atoms with Crippen molar-refractivity contribution in [3.8, 4) is 21.1 Å². The average molecular weight is 378 g/mol. The highest BCUT2D eigenvalue weighted by Crippen LogP contribution is 2.35. The van der Waals surface area contributed by atoms with Crippen molar-refractivity contribution >= 4 is 17.0 Å². The lowest BCUT2D eigenvalue weighted by Crippen LogP contribution is -2.22. The van der Waals surface area contributed by atoms with Gasteiger partial charge >= 0.3 is 0 Å². The third kappa shape index (κ3) is 3.76. The van der Waals surface area contributed by atoms with E-state index in [0.717, 1.165) is 57.5 Å². The maximum Gasteiger partial charge on any atom is 0.125 e. The third-order valence-electron chi connectivity index (χ3n) is 4.51. The van der Waals surface area contributed by atoms with Gasteiger partial charge in [0, 0.05) is 24.0 Å². The van der Waals surface area contributed by atoms with Gasteiger partial charge in [-0.1, -0.05) is 6.07 Å². The van der Waals surface area contributed by atoms with Crippen LogP contribution in [0.2, 0.25) is 0 Å². The Bertz CT molecular complexity index is 975. The standard InChI is InChI=1S/C21H23N5S/c1-13(2)25-26-17-8-4-6-15-9-10-18(24-19(15)17)20-14(3)23-21(27-20)16-7-5-11-22-12-16/h5,7,9-13,25H,4,6,8H2,1-3H3/b26-17+. The molecule has 0 bridgehead atoms. The number of fused-ring (bicyclic) bond motifs is 1. The molecule has 5 nitrogen and oxygen atoms in total. The third-order valence-corrected chi connectivity index (χ3v) is 5.74. The molecule has 0 aromatic carbocycles. The molecule has 0 atom stereocenters. The van der Waals surface area contributed by atoms with Crippen molar-refractivity contribution in [3.05, 3.63) is 53.6 Å². The lowest BCUT2D eigenvalue weighted by Gasteiger charge is -2.18. The summed E-state index contributed by atoms with van der Waals surface area (Å²) in [5, 5.41) is 5.60. The summed E-state index contributed by atoms with van der Waals surface area (Å²) in [5.41, 5.74) is 9.56. The summed E-state index contributed by atoms with van der Waals surface area (Å²) in [4.78, 5) is 15.1. The normalized spacial score (nSPS) is 15.2. The summed E-state index contributed by atoms with van der Waals surface area (Å²) in [6, 6.07) is 8.61. The highest BCUT2D eigenvalue weighted by Gasteiger charge is 2.20. The minimum Gasteiger partial charge on any atom is -0.307 e. The largest absolute Gasteiger partial charge is 0.307 e. The smallest absolute Gasteiger partial charge is 0.125 e. The molecule has 1 aliphatic carbocycles. The summed E-state index contributed by atoms with van der Waals surface area (Å²) in [7, 11) is 0. The van der Waals surface area contributed by atoms with E-state index >= 15 is 0 Å². The van der Waals surface area contributed by atoms with Gasteiger partial charge in [-0.15, -0.1) is 11.3 Å². The number of aromatic nitrogens is 3. The number of nitrogens with zero attached hydrogens (tertiary/aromatic N) is 4. The first-order valence-electron chi connectivity index (χ1n) is 9.32. The van der Waals surface area contributed by atoms with E-state index in [1.54, 1.807) is 17.5 Å². The SMILES string of the molecule is Cc1nc(-c2cccnc2)sc1-c1ccc2c(n1)/C(=N/NC(C)C)CCC2. The van der Waals surface area contributed by atoms with Crippen molar-refractivity contribution in [1.29, 1.82) is 0 Å². The molecule has 4 rings (SSSR count). The molecular weight excluding hydrogens is 354 g/mol. The van der Waals surface area contributed by atoms with Gasteiger partial charge in [-0.25, -0.2) is 9.97 Å². The van der Waals surface area contributed by atoms with Gasteiger partial charge in [0.1, 0.15) is 5.01 Å². The number of pyridine rings is 2. The molecule has 3 aromatic heterocycles. The van der Waals surface area contributed by atoms with Gasteiger partial charge in [0.25, 0.3) is 0 Å². The highest BCUT2D eigenvalue weighted by molar-refractivity contribution is 7.18. The summed E-state index contributed by atoms with van der Waals surface area (Å²) in [6.07, 6.45) is 6.78. The molecule has 0 spiro atoms. The monoisotopic (exact) mass is 377 g/mol. The minimum absolute atomic E-state index is 0.317. The zero-order chi connectivity index (χ0) is 18.8. The van der Waals surface area contributed by atoms with E-state index in [1.165, 1.54) is 5.56 Å². The first-order chi connectivity index (χ1) is 13.1. The Morgan fingerprint density at radius 3 is 2.81 bits per heavy atom. The van der Waals surface area contributed by atoms with Gasteiger partial charge in [0.05, 0.1) is 27.7 Å². The second-order valence-electron chi connectivity index (χ2n) is 7.08. The predicted molar refractivity (Wildman–Crippen MR) is 111 cm³/mol. The number of nitrogens with one attached hydrogen (secondary N) is 1. The van der Waals surface area contributed by atoms with E-state index in [-0.39, 0.29) is 0 Å². The van der Waals surface area contributed by atoms with Crippen LogP contribution in [0.25, 0.3) is 21.1 Å². The van der Waals surface area contributed by atoms with Crippen LogP contribution in [0.3, 0.4) is 0 Å². The van der Waals surface area contributed by atoms with E-state index in [2.05, 4.69) is 41.5 Å². The second kappa shape index (κ2) is 7.56. The fraction of sp³-hybridized carbons (Fsp3) is 0.333. The molecule has 3 heterocycles. The maximum absolute atomic E-state index is 4.99. The first kappa shape index (κ1) is 17.8. The van der Waals surface area contributed by atoms with Crippen LogP contribution in [0.5, 0.6) is 0 Å². The van der Waals surface area contributed by atoms with E-state index in [1.807, 2.05) is 25.3 Å². The first-order valence-corrected chi connectivity index (χ1v) is 10.1. The van der Waals surface area contributed by atoms with Crippen LogP contribution in [-0.4, -0.2) is 26.7 Å². The van der Waals surface area contributed by atoms with Gasteiger partial charge in [-0.3, -0.25) is 4.98 Å². The molecule has 0 unspecified atom stereocenters. The lowest BCUT2D eigenvalue weighted by molar-refractivity contribution is 0.616. The van der Waals surface area contributed by atoms with E-state index < -0.39 is 0 Å². The Balaban J connectivity index is 1.73. The van der Waals surface area contributed by atoms with Crippen LogP contribution in [0.1, 0.15) is 43.6 Å². The molecule has 0 saturated carbocycles. The molecule has 0 saturated heterocycles. The Kier molecular flexibility index (Phi) is 4.99. The summed E-state index contributed by atoms with van der Waals surface area (Å²) >= 11 is 1.67. The lowest BCUT2D eigenvalue weighted by atomic mass is 9.94. The van der Waals surface area contributed by atoms with Crippen molar-refractivity contribution in [1.82, 2.24) is 20.4 Å². The maximum atomic E-state index is 4.99. The van der Waals surface area contributed by atoms with Crippen molar-refractivity contribution < 1.29 is 0 Å². The molecular formula is C21H23N5S. The van der Waals surface area contributed by atoms with Crippen LogP contribution < -0.4 is 5.43 Å². The Hall–Kier alpha value is -2.60. The molecule has 0 amide bonds. The molecule has 0 radical (unpaired) electrons. The van der Waals surface area contributed by atoms with Crippen LogP contribution >= 0.6 is 11.3 Å². The zero-order valence-corrected chi connectivity index (χ0v) is 16.7. The number of rotatable bonds is 4. The Labute approximate surface area is 163 Å². The van der Waals surface area contributed by atoms with Crippen LogP contribution in [0.15, 0.2) is 41.8 Å². The topological polar surface area (TPSA) is 63.1 Å². The van der Waals surface area contributed by atoms with Crippen molar-refractivity contribution in [2.24, 2.45) is 5.10 Å².